The van der Waals surface area contributed by atoms with E-state index in [0.29, 0.717) is 31.0 Å². The molecule has 1 heterocycles. The van der Waals surface area contributed by atoms with Gasteiger partial charge in [-0.3, -0.25) is 15.1 Å². The SMILES string of the molecule is CSCCNC(=O)N(CCN(C)C)Cc1ccc(C(=O)Nc2ccccc2NC(=O)OC(C)(C)C)nc1. The van der Waals surface area contributed by atoms with Gasteiger partial charge in [0.2, 0.25) is 0 Å². The Bertz CT molecular complexity index is 1040. The number of anilines is 2. The number of hydrogen-bond donors (Lipinski definition) is 3. The molecule has 0 aliphatic carbocycles. The van der Waals surface area contributed by atoms with Gasteiger partial charge in [0.25, 0.3) is 5.91 Å². The van der Waals surface area contributed by atoms with Gasteiger partial charge in [-0.05, 0) is 64.9 Å². The van der Waals surface area contributed by atoms with E-state index >= 15 is 0 Å². The standard InChI is InChI=1S/C26H38N6O4S/c1-26(2,3)36-25(35)30-21-10-8-7-9-20(21)29-23(33)22-12-11-19(17-28-22)18-32(15-14-31(4)5)24(34)27-13-16-37-6/h7-12,17H,13-16,18H2,1-6H3,(H,27,34)(H,29,33)(H,30,35). The molecule has 202 valence electrons. The molecule has 3 N–H and O–H groups in total. The molecular formula is C26H38N6O4S. The summed E-state index contributed by atoms with van der Waals surface area (Å²) in [6, 6.07) is 10.1. The first-order valence-corrected chi connectivity index (χ1v) is 13.4. The zero-order valence-electron chi connectivity index (χ0n) is 22.5. The molecule has 1 aromatic heterocycles. The first-order valence-electron chi connectivity index (χ1n) is 12.0. The van der Waals surface area contributed by atoms with Crippen molar-refractivity contribution in [3.8, 4) is 0 Å². The number of pyridine rings is 1. The number of urea groups is 1. The molecule has 0 atom stereocenters. The zero-order chi connectivity index (χ0) is 27.4. The van der Waals surface area contributed by atoms with Gasteiger partial charge in [-0.2, -0.15) is 11.8 Å². The summed E-state index contributed by atoms with van der Waals surface area (Å²) in [6.07, 6.45) is 2.97. The van der Waals surface area contributed by atoms with Crippen molar-refractivity contribution in [1.29, 1.82) is 0 Å². The van der Waals surface area contributed by atoms with E-state index in [0.717, 1.165) is 17.9 Å². The lowest BCUT2D eigenvalue weighted by Crippen LogP contribution is -2.43. The van der Waals surface area contributed by atoms with Crippen LogP contribution in [0, 0.1) is 0 Å². The fourth-order valence-corrected chi connectivity index (χ4v) is 3.42. The van der Waals surface area contributed by atoms with Gasteiger partial charge in [0.1, 0.15) is 11.3 Å². The Morgan fingerprint density at radius 2 is 1.68 bits per heavy atom. The number of thioether (sulfide) groups is 1. The van der Waals surface area contributed by atoms with Crippen LogP contribution >= 0.6 is 11.8 Å². The van der Waals surface area contributed by atoms with E-state index in [-0.39, 0.29) is 11.7 Å². The van der Waals surface area contributed by atoms with Crippen LogP contribution in [0.4, 0.5) is 21.0 Å². The molecule has 4 amide bonds. The highest BCUT2D eigenvalue weighted by Gasteiger charge is 2.19. The van der Waals surface area contributed by atoms with E-state index in [1.807, 2.05) is 25.3 Å². The molecule has 1 aromatic carbocycles. The number of nitrogens with zero attached hydrogens (tertiary/aromatic N) is 3. The highest BCUT2D eigenvalue weighted by Crippen LogP contribution is 2.22. The average Bonchev–Trinajstić information content (AvgIpc) is 2.82. The number of carbonyl (C=O) groups excluding carboxylic acids is 3. The van der Waals surface area contributed by atoms with Gasteiger partial charge in [0.05, 0.1) is 11.4 Å². The van der Waals surface area contributed by atoms with Crippen LogP contribution in [0.25, 0.3) is 0 Å². The minimum atomic E-state index is -0.648. The second-order valence-corrected chi connectivity index (χ2v) is 10.6. The van der Waals surface area contributed by atoms with E-state index in [1.165, 1.54) is 0 Å². The minimum absolute atomic E-state index is 0.133. The zero-order valence-corrected chi connectivity index (χ0v) is 23.3. The Balaban J connectivity index is 2.06. The number of rotatable bonds is 11. The summed E-state index contributed by atoms with van der Waals surface area (Å²) in [6.45, 7) is 7.57. The third-order valence-electron chi connectivity index (χ3n) is 4.93. The highest BCUT2D eigenvalue weighted by molar-refractivity contribution is 7.98. The number of ether oxygens (including phenoxy) is 1. The number of para-hydroxylation sites is 2. The Labute approximate surface area is 223 Å². The van der Waals surface area contributed by atoms with Crippen molar-refractivity contribution in [2.75, 3.05) is 56.4 Å². The van der Waals surface area contributed by atoms with Crippen LogP contribution in [0.3, 0.4) is 0 Å². The number of carbonyl (C=O) groups is 3. The minimum Gasteiger partial charge on any atom is -0.444 e. The van der Waals surface area contributed by atoms with Gasteiger partial charge in [0.15, 0.2) is 0 Å². The number of nitrogens with one attached hydrogen (secondary N) is 3. The van der Waals surface area contributed by atoms with Crippen molar-refractivity contribution in [3.63, 3.8) is 0 Å². The topological polar surface area (TPSA) is 116 Å². The van der Waals surface area contributed by atoms with Crippen molar-refractivity contribution >= 4 is 41.2 Å². The first-order chi connectivity index (χ1) is 17.5. The Hall–Kier alpha value is -3.31. The molecule has 2 aromatic rings. The Morgan fingerprint density at radius 3 is 2.24 bits per heavy atom. The lowest BCUT2D eigenvalue weighted by Gasteiger charge is -2.24. The van der Waals surface area contributed by atoms with Crippen LogP contribution < -0.4 is 16.0 Å². The molecule has 0 saturated carbocycles. The Kier molecular flexibility index (Phi) is 11.7. The number of hydrogen-bond acceptors (Lipinski definition) is 7. The quantitative estimate of drug-likeness (QED) is 0.374. The molecule has 0 aliphatic rings. The summed E-state index contributed by atoms with van der Waals surface area (Å²) in [4.78, 5) is 45.7. The van der Waals surface area contributed by atoms with Crippen LogP contribution in [0.1, 0.15) is 36.8 Å². The van der Waals surface area contributed by atoms with E-state index in [9.17, 15) is 14.4 Å². The van der Waals surface area contributed by atoms with Crippen LogP contribution in [-0.4, -0.2) is 84.2 Å². The van der Waals surface area contributed by atoms with Gasteiger partial charge in [-0.15, -0.1) is 0 Å². The fraction of sp³-hybridized carbons (Fsp3) is 0.462. The van der Waals surface area contributed by atoms with Gasteiger partial charge >= 0.3 is 12.1 Å². The number of aromatic nitrogens is 1. The van der Waals surface area contributed by atoms with E-state index < -0.39 is 17.6 Å². The second kappa shape index (κ2) is 14.4. The van der Waals surface area contributed by atoms with Crippen LogP contribution in [0.2, 0.25) is 0 Å². The summed E-state index contributed by atoms with van der Waals surface area (Å²) in [5.74, 6) is 0.416. The van der Waals surface area contributed by atoms with Crippen molar-refractivity contribution in [2.24, 2.45) is 0 Å². The summed E-state index contributed by atoms with van der Waals surface area (Å²) in [7, 11) is 3.92. The molecule has 0 fully saturated rings. The van der Waals surface area contributed by atoms with Crippen molar-refractivity contribution < 1.29 is 19.1 Å². The largest absolute Gasteiger partial charge is 0.444 e. The number of benzene rings is 1. The van der Waals surface area contributed by atoms with Gasteiger partial charge in [-0.25, -0.2) is 9.59 Å². The number of amides is 4. The predicted octanol–water partition coefficient (Wildman–Crippen LogP) is 4.12. The molecular weight excluding hydrogens is 492 g/mol. The van der Waals surface area contributed by atoms with Crippen molar-refractivity contribution in [1.82, 2.24) is 20.1 Å². The van der Waals surface area contributed by atoms with E-state index in [1.54, 1.807) is 80.0 Å². The first kappa shape index (κ1) is 29.9. The lowest BCUT2D eigenvalue weighted by molar-refractivity contribution is 0.0635. The number of likely N-dealkylation sites (N-methyl/N-ethyl adjacent to an activating group) is 1. The van der Waals surface area contributed by atoms with Crippen molar-refractivity contribution in [2.45, 2.75) is 32.9 Å². The van der Waals surface area contributed by atoms with Gasteiger partial charge in [0, 0.05) is 38.1 Å². The van der Waals surface area contributed by atoms with Crippen LogP contribution in [0.15, 0.2) is 42.6 Å². The molecule has 37 heavy (non-hydrogen) atoms. The summed E-state index contributed by atoms with van der Waals surface area (Å²) < 4.78 is 5.29. The monoisotopic (exact) mass is 530 g/mol. The molecule has 0 bridgehead atoms. The highest BCUT2D eigenvalue weighted by atomic mass is 32.2. The molecule has 11 heteroatoms. The summed E-state index contributed by atoms with van der Waals surface area (Å²) in [5.41, 5.74) is 1.19. The molecule has 10 nitrogen and oxygen atoms in total. The molecule has 0 unspecified atom stereocenters. The maximum absolute atomic E-state index is 12.8. The third-order valence-corrected chi connectivity index (χ3v) is 5.54. The normalized spacial score (nSPS) is 11.1. The molecule has 2 rings (SSSR count). The average molecular weight is 531 g/mol. The molecule has 0 aliphatic heterocycles. The summed E-state index contributed by atoms with van der Waals surface area (Å²) >= 11 is 1.67. The predicted molar refractivity (Wildman–Crippen MR) is 149 cm³/mol. The smallest absolute Gasteiger partial charge is 0.412 e. The van der Waals surface area contributed by atoms with E-state index in [4.69, 9.17) is 4.74 Å². The van der Waals surface area contributed by atoms with Crippen LogP contribution in [0.5, 0.6) is 0 Å². The van der Waals surface area contributed by atoms with E-state index in [2.05, 4.69) is 20.9 Å². The second-order valence-electron chi connectivity index (χ2n) is 9.63. The fourth-order valence-electron chi connectivity index (χ4n) is 3.12. The molecule has 0 spiro atoms. The van der Waals surface area contributed by atoms with Crippen LogP contribution in [-0.2, 0) is 11.3 Å². The van der Waals surface area contributed by atoms with Gasteiger partial charge < -0.3 is 25.2 Å². The Morgan fingerprint density at radius 1 is 1.00 bits per heavy atom. The van der Waals surface area contributed by atoms with Gasteiger partial charge in [-0.1, -0.05) is 18.2 Å². The van der Waals surface area contributed by atoms with Crippen molar-refractivity contribution in [3.05, 3.63) is 53.9 Å². The maximum atomic E-state index is 12.8. The lowest BCUT2D eigenvalue weighted by atomic mass is 10.2. The third kappa shape index (κ3) is 11.1. The maximum Gasteiger partial charge on any atom is 0.412 e. The molecule has 0 radical (unpaired) electrons. The summed E-state index contributed by atoms with van der Waals surface area (Å²) in [5, 5.41) is 8.38. The molecule has 0 saturated heterocycles.